The van der Waals surface area contributed by atoms with Gasteiger partial charge in [0.2, 0.25) is 0 Å². The Kier molecular flexibility index (Phi) is 4.86. The van der Waals surface area contributed by atoms with Gasteiger partial charge in [0.1, 0.15) is 11.6 Å². The monoisotopic (exact) mass is 340 g/mol. The molecule has 1 fully saturated rings. The summed E-state index contributed by atoms with van der Waals surface area (Å²) in [5, 5.41) is 8.51. The van der Waals surface area contributed by atoms with Gasteiger partial charge in [-0.1, -0.05) is 18.5 Å². The normalized spacial score (nSPS) is 21.9. The number of rotatable bonds is 4. The molecule has 10 heteroatoms. The Hall–Kier alpha value is -1.48. The van der Waals surface area contributed by atoms with Gasteiger partial charge in [0.15, 0.2) is 5.82 Å². The number of amides is 2. The number of anilines is 1. The minimum absolute atomic E-state index is 0.0604. The van der Waals surface area contributed by atoms with Gasteiger partial charge in [-0.3, -0.25) is 10.00 Å². The molecule has 1 aromatic rings. The molecule has 1 atom stereocenters. The van der Waals surface area contributed by atoms with Crippen LogP contribution in [0.2, 0.25) is 5.02 Å². The molecule has 1 saturated heterocycles. The topological polar surface area (TPSA) is 68.2 Å². The van der Waals surface area contributed by atoms with Crippen molar-refractivity contribution in [1.82, 2.24) is 15.1 Å². The third-order valence-corrected chi connectivity index (χ3v) is 3.54. The summed E-state index contributed by atoms with van der Waals surface area (Å²) in [6.45, 7) is 2.29. The molecule has 0 radical (unpaired) electrons. The molecule has 2 rings (SSSR count). The molecule has 1 aliphatic rings. The molecule has 1 aromatic heterocycles. The van der Waals surface area contributed by atoms with Crippen molar-refractivity contribution in [2.75, 3.05) is 25.1 Å². The number of halogens is 4. The van der Waals surface area contributed by atoms with Crippen LogP contribution >= 0.6 is 11.6 Å². The fourth-order valence-corrected chi connectivity index (χ4v) is 2.24. The van der Waals surface area contributed by atoms with E-state index in [0.29, 0.717) is 24.4 Å². The van der Waals surface area contributed by atoms with E-state index in [1.807, 2.05) is 6.92 Å². The number of hydrogen-bond acceptors (Lipinski definition) is 3. The maximum absolute atomic E-state index is 12.3. The molecule has 2 heterocycles. The zero-order valence-electron chi connectivity index (χ0n) is 11.8. The first kappa shape index (κ1) is 16.9. The number of alkyl halides is 3. The smallest absolute Gasteiger partial charge is 0.381 e. The number of urea groups is 1. The lowest BCUT2D eigenvalue weighted by Crippen LogP contribution is -2.38. The van der Waals surface area contributed by atoms with Gasteiger partial charge in [0.25, 0.3) is 0 Å². The molecule has 6 nitrogen and oxygen atoms in total. The highest BCUT2D eigenvalue weighted by molar-refractivity contribution is 6.33. The Balaban J connectivity index is 1.88. The van der Waals surface area contributed by atoms with Gasteiger partial charge in [-0.15, -0.1) is 0 Å². The SMILES string of the molecule is CC1(CNC(=O)Nc2nn(CC(F)(F)F)cc2Cl)CCOC1. The van der Waals surface area contributed by atoms with Crippen molar-refractivity contribution in [1.29, 1.82) is 0 Å². The number of nitrogens with one attached hydrogen (secondary N) is 2. The lowest BCUT2D eigenvalue weighted by molar-refractivity contribution is -0.142. The van der Waals surface area contributed by atoms with Gasteiger partial charge in [-0.2, -0.15) is 18.3 Å². The highest BCUT2D eigenvalue weighted by atomic mass is 35.5. The highest BCUT2D eigenvalue weighted by Gasteiger charge is 2.31. The Morgan fingerprint density at radius 3 is 2.91 bits per heavy atom. The fourth-order valence-electron chi connectivity index (χ4n) is 2.04. The highest BCUT2D eigenvalue weighted by Crippen LogP contribution is 2.27. The van der Waals surface area contributed by atoms with Gasteiger partial charge < -0.3 is 10.1 Å². The van der Waals surface area contributed by atoms with Crippen LogP contribution in [0.25, 0.3) is 0 Å². The van der Waals surface area contributed by atoms with Crippen molar-refractivity contribution >= 4 is 23.4 Å². The third-order valence-electron chi connectivity index (χ3n) is 3.27. The van der Waals surface area contributed by atoms with Crippen LogP contribution in [0.3, 0.4) is 0 Å². The lowest BCUT2D eigenvalue weighted by Gasteiger charge is -2.21. The zero-order chi connectivity index (χ0) is 16.4. The van der Waals surface area contributed by atoms with Crippen LogP contribution in [0.1, 0.15) is 13.3 Å². The number of carbonyl (C=O) groups is 1. The summed E-state index contributed by atoms with van der Waals surface area (Å²) in [5.74, 6) is -0.115. The van der Waals surface area contributed by atoms with Gasteiger partial charge >= 0.3 is 12.2 Å². The van der Waals surface area contributed by atoms with Crippen LogP contribution in [0, 0.1) is 5.41 Å². The number of carbonyl (C=O) groups excluding carboxylic acids is 1. The van der Waals surface area contributed by atoms with Gasteiger partial charge in [-0.25, -0.2) is 4.79 Å². The predicted molar refractivity (Wildman–Crippen MR) is 73.9 cm³/mol. The van der Waals surface area contributed by atoms with Crippen LogP contribution in [-0.2, 0) is 11.3 Å². The minimum atomic E-state index is -4.41. The summed E-state index contributed by atoms with van der Waals surface area (Å²) < 4.78 is 42.7. The maximum atomic E-state index is 12.3. The standard InChI is InChI=1S/C12H16ClF3N4O2/c1-11(2-3-22-7-11)5-17-10(21)18-9-8(13)4-20(19-9)6-12(14,15)16/h4H,2-3,5-7H2,1H3,(H2,17,18,19,21). The third kappa shape index (κ3) is 4.77. The average Bonchev–Trinajstić information content (AvgIpc) is 2.93. The summed E-state index contributed by atoms with van der Waals surface area (Å²) in [6.07, 6.45) is -2.57. The van der Waals surface area contributed by atoms with Crippen molar-refractivity contribution in [2.45, 2.75) is 26.1 Å². The van der Waals surface area contributed by atoms with E-state index < -0.39 is 18.8 Å². The van der Waals surface area contributed by atoms with E-state index in [9.17, 15) is 18.0 Å². The summed E-state index contributed by atoms with van der Waals surface area (Å²) in [6, 6.07) is -0.577. The predicted octanol–water partition coefficient (Wildman–Crippen LogP) is 2.65. The molecule has 2 amide bonds. The van der Waals surface area contributed by atoms with E-state index in [0.717, 1.165) is 12.6 Å². The van der Waals surface area contributed by atoms with E-state index in [-0.39, 0.29) is 16.3 Å². The van der Waals surface area contributed by atoms with Crippen LogP contribution in [-0.4, -0.2) is 41.7 Å². The average molecular weight is 341 g/mol. The summed E-state index contributed by atoms with van der Waals surface area (Å²) >= 11 is 5.76. The number of aromatic nitrogens is 2. The second-order valence-corrected chi connectivity index (χ2v) is 5.97. The van der Waals surface area contributed by atoms with Crippen molar-refractivity contribution in [3.05, 3.63) is 11.2 Å². The first-order valence-electron chi connectivity index (χ1n) is 6.59. The van der Waals surface area contributed by atoms with Crippen LogP contribution < -0.4 is 10.6 Å². The van der Waals surface area contributed by atoms with Crippen LogP contribution in [0.4, 0.5) is 23.8 Å². The molecule has 0 bridgehead atoms. The van der Waals surface area contributed by atoms with E-state index in [1.54, 1.807) is 0 Å². The Morgan fingerprint density at radius 1 is 1.59 bits per heavy atom. The minimum Gasteiger partial charge on any atom is -0.381 e. The summed E-state index contributed by atoms with van der Waals surface area (Å²) in [4.78, 5) is 11.8. The number of hydrogen-bond donors (Lipinski definition) is 2. The summed E-state index contributed by atoms with van der Waals surface area (Å²) in [7, 11) is 0. The Morgan fingerprint density at radius 2 is 2.32 bits per heavy atom. The zero-order valence-corrected chi connectivity index (χ0v) is 12.6. The Bertz CT molecular complexity index is 541. The summed E-state index contributed by atoms with van der Waals surface area (Å²) in [5.41, 5.74) is -0.142. The Labute approximate surface area is 129 Å². The molecule has 0 spiro atoms. The van der Waals surface area contributed by atoms with Gasteiger partial charge in [0.05, 0.1) is 6.61 Å². The second-order valence-electron chi connectivity index (χ2n) is 5.56. The molecule has 0 saturated carbocycles. The molecular weight excluding hydrogens is 325 g/mol. The molecule has 0 aromatic carbocycles. The van der Waals surface area contributed by atoms with Crippen molar-refractivity contribution < 1.29 is 22.7 Å². The first-order chi connectivity index (χ1) is 10.2. The van der Waals surface area contributed by atoms with E-state index in [1.165, 1.54) is 0 Å². The largest absolute Gasteiger partial charge is 0.408 e. The second kappa shape index (κ2) is 6.33. The molecule has 1 unspecified atom stereocenters. The molecule has 2 N–H and O–H groups in total. The lowest BCUT2D eigenvalue weighted by atomic mass is 9.90. The molecule has 1 aliphatic heterocycles. The van der Waals surface area contributed by atoms with Crippen molar-refractivity contribution in [3.8, 4) is 0 Å². The van der Waals surface area contributed by atoms with Crippen LogP contribution in [0.15, 0.2) is 6.20 Å². The molecule has 0 aliphatic carbocycles. The maximum Gasteiger partial charge on any atom is 0.408 e. The van der Waals surface area contributed by atoms with Gasteiger partial charge in [-0.05, 0) is 6.42 Å². The van der Waals surface area contributed by atoms with E-state index in [4.69, 9.17) is 16.3 Å². The van der Waals surface area contributed by atoms with Gasteiger partial charge in [0, 0.05) is 24.8 Å². The molecule has 22 heavy (non-hydrogen) atoms. The number of nitrogens with zero attached hydrogens (tertiary/aromatic N) is 2. The van der Waals surface area contributed by atoms with Crippen molar-refractivity contribution in [3.63, 3.8) is 0 Å². The van der Waals surface area contributed by atoms with Crippen molar-refractivity contribution in [2.24, 2.45) is 5.41 Å². The quantitative estimate of drug-likeness (QED) is 0.885. The van der Waals surface area contributed by atoms with E-state index >= 15 is 0 Å². The first-order valence-corrected chi connectivity index (χ1v) is 6.97. The fraction of sp³-hybridized carbons (Fsp3) is 0.667. The molecular formula is C12H16ClF3N4O2. The molecule has 124 valence electrons. The van der Waals surface area contributed by atoms with E-state index in [2.05, 4.69) is 15.7 Å². The van der Waals surface area contributed by atoms with Crippen LogP contribution in [0.5, 0.6) is 0 Å². The number of ether oxygens (including phenoxy) is 1.